The lowest BCUT2D eigenvalue weighted by Crippen LogP contribution is -1.96. The van der Waals surface area contributed by atoms with Crippen molar-refractivity contribution in [3.63, 3.8) is 0 Å². The van der Waals surface area contributed by atoms with Crippen molar-refractivity contribution in [2.75, 3.05) is 6.54 Å². The van der Waals surface area contributed by atoms with Gasteiger partial charge in [-0.25, -0.2) is 8.78 Å². The Labute approximate surface area is 81.9 Å². The van der Waals surface area contributed by atoms with Crippen LogP contribution < -0.4 is 5.73 Å². The van der Waals surface area contributed by atoms with Gasteiger partial charge in [-0.2, -0.15) is 0 Å². The van der Waals surface area contributed by atoms with Gasteiger partial charge in [0.1, 0.15) is 0 Å². The quantitative estimate of drug-likeness (QED) is 0.681. The Morgan fingerprint density at radius 2 is 2.00 bits per heavy atom. The van der Waals surface area contributed by atoms with Gasteiger partial charge >= 0.3 is 0 Å². The Morgan fingerprint density at radius 1 is 1.29 bits per heavy atom. The maximum atomic E-state index is 13.2. The summed E-state index contributed by atoms with van der Waals surface area (Å²) in [6.45, 7) is 1.93. The second-order valence-electron chi connectivity index (χ2n) is 2.90. The Balaban J connectivity index is 3.02. The van der Waals surface area contributed by atoms with Crippen LogP contribution in [0.1, 0.15) is 17.5 Å². The zero-order chi connectivity index (χ0) is 10.6. The molecule has 2 N–H and O–H groups in total. The van der Waals surface area contributed by atoms with Crippen molar-refractivity contribution < 1.29 is 8.78 Å². The van der Waals surface area contributed by atoms with E-state index in [4.69, 9.17) is 5.73 Å². The second kappa shape index (κ2) is 4.73. The Bertz CT molecular complexity index is 388. The van der Waals surface area contributed by atoms with Crippen LogP contribution in [-0.4, -0.2) is 6.54 Å². The maximum absolute atomic E-state index is 13.2. The van der Waals surface area contributed by atoms with E-state index in [9.17, 15) is 8.78 Å². The molecule has 0 aliphatic rings. The molecule has 14 heavy (non-hydrogen) atoms. The van der Waals surface area contributed by atoms with E-state index < -0.39 is 11.6 Å². The average molecular weight is 195 g/mol. The monoisotopic (exact) mass is 195 g/mol. The largest absolute Gasteiger partial charge is 0.330 e. The second-order valence-corrected chi connectivity index (χ2v) is 2.90. The molecule has 0 saturated heterocycles. The number of nitrogens with two attached hydrogens (primary N) is 1. The van der Waals surface area contributed by atoms with E-state index in [1.165, 1.54) is 19.1 Å². The summed E-state index contributed by atoms with van der Waals surface area (Å²) in [5.41, 5.74) is 5.58. The van der Waals surface area contributed by atoms with Crippen LogP contribution in [-0.2, 0) is 0 Å². The number of benzene rings is 1. The molecule has 0 aliphatic heterocycles. The van der Waals surface area contributed by atoms with E-state index in [1.54, 1.807) is 0 Å². The van der Waals surface area contributed by atoms with Crippen LogP contribution in [0.4, 0.5) is 8.78 Å². The van der Waals surface area contributed by atoms with Crippen molar-refractivity contribution >= 4 is 0 Å². The molecule has 3 heteroatoms. The molecule has 0 unspecified atom stereocenters. The lowest BCUT2D eigenvalue weighted by atomic mass is 10.1. The predicted molar refractivity (Wildman–Crippen MR) is 51.6 cm³/mol. The first-order valence-corrected chi connectivity index (χ1v) is 4.30. The summed E-state index contributed by atoms with van der Waals surface area (Å²) in [5, 5.41) is 0. The number of aryl methyl sites for hydroxylation is 1. The molecule has 1 aromatic rings. The Morgan fingerprint density at radius 3 is 2.64 bits per heavy atom. The van der Waals surface area contributed by atoms with Gasteiger partial charge in [-0.15, -0.1) is 0 Å². The smallest absolute Gasteiger partial charge is 0.174 e. The molecular formula is C11H11F2N. The number of hydrogen-bond acceptors (Lipinski definition) is 1. The summed E-state index contributed by atoms with van der Waals surface area (Å²) in [6, 6.07) is 2.97. The summed E-state index contributed by atoms with van der Waals surface area (Å²) in [4.78, 5) is 0. The molecule has 1 nitrogen and oxygen atoms in total. The van der Waals surface area contributed by atoms with Gasteiger partial charge in [0.2, 0.25) is 0 Å². The van der Waals surface area contributed by atoms with Crippen molar-refractivity contribution in [1.29, 1.82) is 0 Å². The van der Waals surface area contributed by atoms with Gasteiger partial charge in [-0.3, -0.25) is 0 Å². The highest BCUT2D eigenvalue weighted by Gasteiger charge is 2.08. The summed E-state index contributed by atoms with van der Waals surface area (Å²) in [6.07, 6.45) is 0.481. The molecule has 74 valence electrons. The van der Waals surface area contributed by atoms with Crippen LogP contribution in [0.15, 0.2) is 12.1 Å². The third kappa shape index (κ3) is 2.30. The van der Waals surface area contributed by atoms with Crippen LogP contribution in [0.5, 0.6) is 0 Å². The molecule has 0 fully saturated rings. The van der Waals surface area contributed by atoms with Crippen LogP contribution >= 0.6 is 0 Å². The van der Waals surface area contributed by atoms with E-state index in [0.717, 1.165) is 0 Å². The minimum atomic E-state index is -0.880. The van der Waals surface area contributed by atoms with Gasteiger partial charge in [0.25, 0.3) is 0 Å². The lowest BCUT2D eigenvalue weighted by molar-refractivity contribution is 0.501. The molecule has 1 rings (SSSR count). The minimum absolute atomic E-state index is 0.0848. The highest BCUT2D eigenvalue weighted by Crippen LogP contribution is 2.14. The minimum Gasteiger partial charge on any atom is -0.330 e. The standard InChI is InChI=1S/C11H11F2N/c1-8-5-6-9(4-2-3-7-14)11(13)10(8)12/h5-6H,3,7,14H2,1H3. The van der Waals surface area contributed by atoms with E-state index >= 15 is 0 Å². The number of hydrogen-bond donors (Lipinski definition) is 1. The fraction of sp³-hybridized carbons (Fsp3) is 0.273. The first kappa shape index (κ1) is 10.7. The summed E-state index contributed by atoms with van der Waals surface area (Å²) in [7, 11) is 0. The van der Waals surface area contributed by atoms with E-state index in [1.807, 2.05) is 0 Å². The molecule has 0 atom stereocenters. The molecule has 0 radical (unpaired) electrons. The Hall–Kier alpha value is -1.40. The highest BCUT2D eigenvalue weighted by molar-refractivity contribution is 5.38. The summed E-state index contributed by atoms with van der Waals surface area (Å²) in [5.74, 6) is 3.48. The fourth-order valence-electron chi connectivity index (χ4n) is 0.972. The van der Waals surface area contributed by atoms with Gasteiger partial charge in [0.15, 0.2) is 11.6 Å². The van der Waals surface area contributed by atoms with Crippen LogP contribution in [0.3, 0.4) is 0 Å². The van der Waals surface area contributed by atoms with E-state index in [0.29, 0.717) is 13.0 Å². The van der Waals surface area contributed by atoms with Crippen LogP contribution in [0, 0.1) is 30.4 Å². The van der Waals surface area contributed by atoms with Crippen LogP contribution in [0.25, 0.3) is 0 Å². The summed E-state index contributed by atoms with van der Waals surface area (Å²) < 4.78 is 26.2. The van der Waals surface area contributed by atoms with Crippen molar-refractivity contribution in [3.8, 4) is 11.8 Å². The Kier molecular flexibility index (Phi) is 3.61. The van der Waals surface area contributed by atoms with Crippen LogP contribution in [0.2, 0.25) is 0 Å². The third-order valence-corrected chi connectivity index (χ3v) is 1.77. The van der Waals surface area contributed by atoms with Gasteiger partial charge in [-0.05, 0) is 18.6 Å². The number of rotatable bonds is 1. The highest BCUT2D eigenvalue weighted by atomic mass is 19.2. The zero-order valence-electron chi connectivity index (χ0n) is 7.90. The zero-order valence-corrected chi connectivity index (χ0v) is 7.90. The molecule has 1 aromatic carbocycles. The first-order valence-electron chi connectivity index (χ1n) is 4.30. The third-order valence-electron chi connectivity index (χ3n) is 1.77. The lowest BCUT2D eigenvalue weighted by Gasteiger charge is -1.99. The van der Waals surface area contributed by atoms with Crippen molar-refractivity contribution in [2.24, 2.45) is 5.73 Å². The predicted octanol–water partition coefficient (Wildman–Crippen LogP) is 1.97. The van der Waals surface area contributed by atoms with Gasteiger partial charge < -0.3 is 5.73 Å². The molecule has 0 spiro atoms. The maximum Gasteiger partial charge on any atom is 0.174 e. The molecule has 0 bridgehead atoms. The molecule has 0 heterocycles. The summed E-state index contributed by atoms with van der Waals surface area (Å²) >= 11 is 0. The van der Waals surface area contributed by atoms with Crippen molar-refractivity contribution in [3.05, 3.63) is 34.9 Å². The average Bonchev–Trinajstić information content (AvgIpc) is 2.18. The van der Waals surface area contributed by atoms with Crippen molar-refractivity contribution in [1.82, 2.24) is 0 Å². The SMILES string of the molecule is Cc1ccc(C#CCCN)c(F)c1F. The van der Waals surface area contributed by atoms with E-state index in [-0.39, 0.29) is 11.1 Å². The number of halogens is 2. The fourth-order valence-corrected chi connectivity index (χ4v) is 0.972. The van der Waals surface area contributed by atoms with Gasteiger partial charge in [0.05, 0.1) is 5.56 Å². The normalized spacial score (nSPS) is 9.43. The topological polar surface area (TPSA) is 26.0 Å². The molecule has 0 amide bonds. The van der Waals surface area contributed by atoms with Crippen molar-refractivity contribution in [2.45, 2.75) is 13.3 Å². The molecular weight excluding hydrogens is 184 g/mol. The van der Waals surface area contributed by atoms with Gasteiger partial charge in [-0.1, -0.05) is 17.9 Å². The molecule has 0 aliphatic carbocycles. The van der Waals surface area contributed by atoms with E-state index in [2.05, 4.69) is 11.8 Å². The first-order chi connectivity index (χ1) is 6.66. The molecule has 0 aromatic heterocycles. The van der Waals surface area contributed by atoms with Gasteiger partial charge in [0, 0.05) is 13.0 Å². The molecule has 0 saturated carbocycles.